The van der Waals surface area contributed by atoms with E-state index in [0.29, 0.717) is 6.42 Å². The maximum absolute atomic E-state index is 10.8. The van der Waals surface area contributed by atoms with Gasteiger partial charge in [-0.25, -0.2) is 0 Å². The average Bonchev–Trinajstić information content (AvgIpc) is 2.21. The molecular weight excluding hydrogens is 176 g/mol. The van der Waals surface area contributed by atoms with Crippen molar-refractivity contribution in [2.75, 3.05) is 20.1 Å². The Morgan fingerprint density at radius 1 is 1.07 bits per heavy atom. The summed E-state index contributed by atoms with van der Waals surface area (Å²) in [6.07, 6.45) is 6.77. The maximum atomic E-state index is 10.8. The largest absolute Gasteiger partial charge is 0.359 e. The Morgan fingerprint density at radius 3 is 2.43 bits per heavy atom. The Balaban J connectivity index is 2.95. The number of unbranched alkanes of at least 4 members (excludes halogenated alkanes) is 3. The smallest absolute Gasteiger partial charge is 0.219 e. The maximum Gasteiger partial charge on any atom is 0.219 e. The Morgan fingerprint density at radius 2 is 1.79 bits per heavy atom. The Labute approximate surface area is 87.6 Å². The van der Waals surface area contributed by atoms with E-state index in [9.17, 15) is 4.79 Å². The van der Waals surface area contributed by atoms with Crippen molar-refractivity contribution in [1.29, 1.82) is 0 Å². The second kappa shape index (κ2) is 10.5. The summed E-state index contributed by atoms with van der Waals surface area (Å²) >= 11 is 0. The molecule has 0 aliphatic heterocycles. The van der Waals surface area contributed by atoms with E-state index in [1.54, 1.807) is 7.05 Å². The second-order valence-electron chi connectivity index (χ2n) is 3.59. The molecule has 3 heteroatoms. The van der Waals surface area contributed by atoms with Gasteiger partial charge in [-0.3, -0.25) is 4.79 Å². The van der Waals surface area contributed by atoms with Gasteiger partial charge >= 0.3 is 0 Å². The van der Waals surface area contributed by atoms with Crippen molar-refractivity contribution in [3.05, 3.63) is 0 Å². The zero-order valence-corrected chi connectivity index (χ0v) is 9.57. The second-order valence-corrected chi connectivity index (χ2v) is 3.59. The summed E-state index contributed by atoms with van der Waals surface area (Å²) in [4.78, 5) is 10.8. The van der Waals surface area contributed by atoms with E-state index in [0.717, 1.165) is 19.5 Å². The van der Waals surface area contributed by atoms with Crippen LogP contribution < -0.4 is 10.6 Å². The van der Waals surface area contributed by atoms with E-state index in [2.05, 4.69) is 17.6 Å². The summed E-state index contributed by atoms with van der Waals surface area (Å²) in [5, 5.41) is 5.96. The highest BCUT2D eigenvalue weighted by Crippen LogP contribution is 1.97. The predicted molar refractivity (Wildman–Crippen MR) is 60.3 cm³/mol. The van der Waals surface area contributed by atoms with Crippen LogP contribution in [0.2, 0.25) is 0 Å². The summed E-state index contributed by atoms with van der Waals surface area (Å²) in [6, 6.07) is 0. The fourth-order valence-electron chi connectivity index (χ4n) is 1.30. The molecule has 14 heavy (non-hydrogen) atoms. The van der Waals surface area contributed by atoms with Crippen molar-refractivity contribution in [3.63, 3.8) is 0 Å². The van der Waals surface area contributed by atoms with Crippen LogP contribution in [0, 0.1) is 0 Å². The highest BCUT2D eigenvalue weighted by atomic mass is 16.1. The molecule has 0 heterocycles. The highest BCUT2D eigenvalue weighted by molar-refractivity contribution is 5.75. The van der Waals surface area contributed by atoms with E-state index >= 15 is 0 Å². The van der Waals surface area contributed by atoms with Crippen LogP contribution in [0.4, 0.5) is 0 Å². The van der Waals surface area contributed by atoms with Gasteiger partial charge in [0.2, 0.25) is 5.91 Å². The molecule has 0 aromatic rings. The minimum absolute atomic E-state index is 0.137. The number of amides is 1. The Hall–Kier alpha value is -0.570. The van der Waals surface area contributed by atoms with E-state index in [-0.39, 0.29) is 5.91 Å². The lowest BCUT2D eigenvalue weighted by Crippen LogP contribution is -2.21. The van der Waals surface area contributed by atoms with Crippen molar-refractivity contribution >= 4 is 5.91 Å². The zero-order valence-electron chi connectivity index (χ0n) is 9.57. The monoisotopic (exact) mass is 200 g/mol. The summed E-state index contributed by atoms with van der Waals surface area (Å²) < 4.78 is 0. The molecule has 0 aromatic heterocycles. The van der Waals surface area contributed by atoms with E-state index in [1.807, 2.05) is 0 Å². The van der Waals surface area contributed by atoms with Crippen molar-refractivity contribution < 1.29 is 4.79 Å². The van der Waals surface area contributed by atoms with Gasteiger partial charge in [0.25, 0.3) is 0 Å². The molecule has 0 radical (unpaired) electrons. The minimum atomic E-state index is 0.137. The van der Waals surface area contributed by atoms with Gasteiger partial charge in [0.05, 0.1) is 0 Å². The molecule has 2 N–H and O–H groups in total. The summed E-state index contributed by atoms with van der Waals surface area (Å²) in [6.45, 7) is 4.27. The minimum Gasteiger partial charge on any atom is -0.359 e. The number of nitrogens with one attached hydrogen (secondary N) is 2. The first kappa shape index (κ1) is 13.4. The van der Waals surface area contributed by atoms with Gasteiger partial charge in [-0.2, -0.15) is 0 Å². The molecule has 0 rings (SSSR count). The molecule has 0 unspecified atom stereocenters. The Kier molecular flexibility index (Phi) is 10.1. The van der Waals surface area contributed by atoms with Crippen LogP contribution in [0.5, 0.6) is 0 Å². The summed E-state index contributed by atoms with van der Waals surface area (Å²) in [5.74, 6) is 0.137. The van der Waals surface area contributed by atoms with Gasteiger partial charge in [0.15, 0.2) is 0 Å². The fourth-order valence-corrected chi connectivity index (χ4v) is 1.30. The first-order valence-electron chi connectivity index (χ1n) is 5.72. The van der Waals surface area contributed by atoms with Crippen molar-refractivity contribution in [2.45, 2.75) is 45.4 Å². The third-order valence-corrected chi connectivity index (χ3v) is 2.24. The first-order chi connectivity index (χ1) is 6.81. The fraction of sp³-hybridized carbons (Fsp3) is 0.909. The summed E-state index contributed by atoms with van der Waals surface area (Å²) in [7, 11) is 1.68. The van der Waals surface area contributed by atoms with E-state index < -0.39 is 0 Å². The third kappa shape index (κ3) is 9.52. The zero-order chi connectivity index (χ0) is 10.6. The first-order valence-corrected chi connectivity index (χ1v) is 5.72. The molecule has 0 aliphatic carbocycles. The molecule has 3 nitrogen and oxygen atoms in total. The van der Waals surface area contributed by atoms with Crippen molar-refractivity contribution in [2.24, 2.45) is 0 Å². The normalized spacial score (nSPS) is 10.1. The lowest BCUT2D eigenvalue weighted by Gasteiger charge is -2.03. The molecule has 0 aromatic carbocycles. The standard InChI is InChI=1S/C11H24N2O/c1-3-4-5-6-9-13-10-7-8-11(14)12-2/h13H,3-10H2,1-2H3,(H,12,14). The number of hydrogen-bond donors (Lipinski definition) is 2. The lowest BCUT2D eigenvalue weighted by atomic mass is 10.2. The molecule has 0 spiro atoms. The van der Waals surface area contributed by atoms with Gasteiger partial charge in [0, 0.05) is 13.5 Å². The predicted octanol–water partition coefficient (Wildman–Crippen LogP) is 1.68. The van der Waals surface area contributed by atoms with Crippen molar-refractivity contribution in [3.8, 4) is 0 Å². The van der Waals surface area contributed by atoms with Crippen LogP contribution in [0.15, 0.2) is 0 Å². The molecule has 84 valence electrons. The van der Waals surface area contributed by atoms with Crippen LogP contribution in [0.25, 0.3) is 0 Å². The van der Waals surface area contributed by atoms with Crippen LogP contribution in [0.3, 0.4) is 0 Å². The number of rotatable bonds is 9. The third-order valence-electron chi connectivity index (χ3n) is 2.24. The Bertz CT molecular complexity index is 137. The van der Waals surface area contributed by atoms with Gasteiger partial charge in [0.1, 0.15) is 0 Å². The topological polar surface area (TPSA) is 41.1 Å². The molecule has 0 atom stereocenters. The summed E-state index contributed by atoms with van der Waals surface area (Å²) in [5.41, 5.74) is 0. The molecular formula is C11H24N2O. The molecule has 0 saturated heterocycles. The molecule has 1 amide bonds. The molecule has 0 fully saturated rings. The van der Waals surface area contributed by atoms with Crippen LogP contribution >= 0.6 is 0 Å². The SMILES string of the molecule is CCCCCCNCCCC(=O)NC. The van der Waals surface area contributed by atoms with Gasteiger partial charge in [-0.1, -0.05) is 26.2 Å². The molecule has 0 bridgehead atoms. The van der Waals surface area contributed by atoms with Crippen LogP contribution in [0.1, 0.15) is 45.4 Å². The average molecular weight is 200 g/mol. The van der Waals surface area contributed by atoms with Gasteiger partial charge in [-0.05, 0) is 25.9 Å². The molecule has 0 saturated carbocycles. The number of hydrogen-bond acceptors (Lipinski definition) is 2. The van der Waals surface area contributed by atoms with Gasteiger partial charge in [-0.15, -0.1) is 0 Å². The molecule has 0 aliphatic rings. The van der Waals surface area contributed by atoms with Gasteiger partial charge < -0.3 is 10.6 Å². The van der Waals surface area contributed by atoms with E-state index in [4.69, 9.17) is 0 Å². The van der Waals surface area contributed by atoms with Crippen LogP contribution in [-0.4, -0.2) is 26.0 Å². The number of carbonyl (C=O) groups excluding carboxylic acids is 1. The number of carbonyl (C=O) groups is 1. The van der Waals surface area contributed by atoms with Crippen molar-refractivity contribution in [1.82, 2.24) is 10.6 Å². The highest BCUT2D eigenvalue weighted by Gasteiger charge is 1.96. The quantitative estimate of drug-likeness (QED) is 0.556. The lowest BCUT2D eigenvalue weighted by molar-refractivity contribution is -0.120. The van der Waals surface area contributed by atoms with E-state index in [1.165, 1.54) is 25.7 Å². The van der Waals surface area contributed by atoms with Crippen LogP contribution in [-0.2, 0) is 4.79 Å².